The molecule has 1 aromatic carbocycles. The molecule has 0 unspecified atom stereocenters. The summed E-state index contributed by atoms with van der Waals surface area (Å²) >= 11 is 0. The van der Waals surface area contributed by atoms with Crippen LogP contribution in [0.2, 0.25) is 0 Å². The molecule has 0 aliphatic carbocycles. The summed E-state index contributed by atoms with van der Waals surface area (Å²) in [6, 6.07) is 4.66. The number of hydrogen-bond acceptors (Lipinski definition) is 4. The van der Waals surface area contributed by atoms with Crippen molar-refractivity contribution >= 4 is 17.9 Å². The zero-order valence-electron chi connectivity index (χ0n) is 12.7. The van der Waals surface area contributed by atoms with Crippen LogP contribution in [0, 0.1) is 17.0 Å². The lowest BCUT2D eigenvalue weighted by Crippen LogP contribution is -2.32. The Morgan fingerprint density at radius 1 is 1.43 bits per heavy atom. The van der Waals surface area contributed by atoms with Crippen LogP contribution in [0.15, 0.2) is 24.3 Å². The van der Waals surface area contributed by atoms with E-state index in [9.17, 15) is 14.9 Å². The molecule has 0 fully saturated rings. The maximum atomic E-state index is 11.4. The molecule has 1 aromatic rings. The lowest BCUT2D eigenvalue weighted by Gasteiger charge is -2.19. The molecule has 0 heterocycles. The average molecular weight is 292 g/mol. The molecule has 0 aliphatic rings. The van der Waals surface area contributed by atoms with Gasteiger partial charge in [-0.2, -0.15) is 0 Å². The molecule has 0 atom stereocenters. The summed E-state index contributed by atoms with van der Waals surface area (Å²) in [4.78, 5) is 21.7. The highest BCUT2D eigenvalue weighted by Crippen LogP contribution is 2.18. The Bertz CT molecular complexity index is 559. The number of rotatable bonds is 4. The third-order valence-electron chi connectivity index (χ3n) is 2.53. The van der Waals surface area contributed by atoms with Gasteiger partial charge in [0.2, 0.25) is 0 Å². The van der Waals surface area contributed by atoms with Crippen LogP contribution in [-0.2, 0) is 4.74 Å². The van der Waals surface area contributed by atoms with Gasteiger partial charge in [-0.15, -0.1) is 0 Å². The van der Waals surface area contributed by atoms with Crippen molar-refractivity contribution in [3.63, 3.8) is 0 Å². The zero-order valence-corrected chi connectivity index (χ0v) is 12.7. The van der Waals surface area contributed by atoms with Crippen molar-refractivity contribution in [2.75, 3.05) is 6.54 Å². The Labute approximate surface area is 124 Å². The first kappa shape index (κ1) is 16.7. The molecule has 21 heavy (non-hydrogen) atoms. The maximum Gasteiger partial charge on any atom is 0.407 e. The molecular weight excluding hydrogens is 272 g/mol. The Morgan fingerprint density at radius 2 is 2.10 bits per heavy atom. The van der Waals surface area contributed by atoms with Crippen molar-refractivity contribution in [3.8, 4) is 0 Å². The number of nitro groups is 1. The molecule has 0 bridgehead atoms. The third-order valence-corrected chi connectivity index (χ3v) is 2.53. The minimum Gasteiger partial charge on any atom is -0.444 e. The molecule has 0 saturated heterocycles. The van der Waals surface area contributed by atoms with Gasteiger partial charge in [-0.3, -0.25) is 10.1 Å². The molecule has 6 heteroatoms. The van der Waals surface area contributed by atoms with Crippen LogP contribution in [0.5, 0.6) is 0 Å². The number of hydrogen-bond donors (Lipinski definition) is 1. The van der Waals surface area contributed by atoms with Gasteiger partial charge < -0.3 is 10.1 Å². The summed E-state index contributed by atoms with van der Waals surface area (Å²) in [5, 5.41) is 13.3. The van der Waals surface area contributed by atoms with Crippen LogP contribution in [0.4, 0.5) is 10.5 Å². The minimum atomic E-state index is -0.537. The summed E-state index contributed by atoms with van der Waals surface area (Å²) in [5.41, 5.74) is 1.18. The minimum absolute atomic E-state index is 0.0420. The van der Waals surface area contributed by atoms with E-state index in [1.54, 1.807) is 39.0 Å². The summed E-state index contributed by atoms with van der Waals surface area (Å²) < 4.78 is 5.09. The molecule has 1 N–H and O–H groups in total. The van der Waals surface area contributed by atoms with Crippen molar-refractivity contribution in [1.29, 1.82) is 0 Å². The lowest BCUT2D eigenvalue weighted by atomic mass is 10.1. The van der Waals surface area contributed by atoms with Crippen LogP contribution in [0.25, 0.3) is 6.08 Å². The predicted octanol–water partition coefficient (Wildman–Crippen LogP) is 3.44. The largest absolute Gasteiger partial charge is 0.444 e. The summed E-state index contributed by atoms with van der Waals surface area (Å²) in [7, 11) is 0. The van der Waals surface area contributed by atoms with Crippen molar-refractivity contribution < 1.29 is 14.5 Å². The summed E-state index contributed by atoms with van der Waals surface area (Å²) in [6.07, 6.45) is 2.96. The quantitative estimate of drug-likeness (QED) is 0.680. The smallest absolute Gasteiger partial charge is 0.407 e. The van der Waals surface area contributed by atoms with Crippen LogP contribution in [0.1, 0.15) is 31.9 Å². The van der Waals surface area contributed by atoms with Gasteiger partial charge in [-0.05, 0) is 38.8 Å². The molecular formula is C15H20N2O4. The first-order valence-corrected chi connectivity index (χ1v) is 6.57. The second-order valence-electron chi connectivity index (χ2n) is 5.58. The standard InChI is InChI=1S/C15H20N2O4/c1-11-7-8-13(17(19)20)10-12(11)6-5-9-16-14(18)21-15(2,3)4/h5-8,10H,9H2,1-4H3,(H,16,18). The molecule has 0 saturated carbocycles. The predicted molar refractivity (Wildman–Crippen MR) is 81.1 cm³/mol. The highest BCUT2D eigenvalue weighted by molar-refractivity contribution is 5.68. The fourth-order valence-corrected chi connectivity index (χ4v) is 1.56. The summed E-state index contributed by atoms with van der Waals surface area (Å²) in [5.74, 6) is 0. The first-order valence-electron chi connectivity index (χ1n) is 6.57. The maximum absolute atomic E-state index is 11.4. The Hall–Kier alpha value is -2.37. The van der Waals surface area contributed by atoms with Crippen molar-refractivity contribution in [1.82, 2.24) is 5.32 Å². The van der Waals surface area contributed by atoms with Crippen molar-refractivity contribution in [2.45, 2.75) is 33.3 Å². The number of nitrogens with one attached hydrogen (secondary N) is 1. The number of non-ortho nitro benzene ring substituents is 1. The van der Waals surface area contributed by atoms with Gasteiger partial charge in [0.15, 0.2) is 0 Å². The van der Waals surface area contributed by atoms with Gasteiger partial charge in [-0.1, -0.05) is 18.2 Å². The number of carbonyl (C=O) groups is 1. The van der Waals surface area contributed by atoms with E-state index in [1.807, 2.05) is 6.92 Å². The number of aryl methyl sites for hydroxylation is 1. The Balaban J connectivity index is 2.60. The van der Waals surface area contributed by atoms with Gasteiger partial charge in [-0.25, -0.2) is 4.79 Å². The Kier molecular flexibility index (Phi) is 5.46. The number of amides is 1. The number of carbonyl (C=O) groups excluding carboxylic acids is 1. The average Bonchev–Trinajstić information content (AvgIpc) is 2.34. The van der Waals surface area contributed by atoms with Crippen molar-refractivity contribution in [3.05, 3.63) is 45.5 Å². The van der Waals surface area contributed by atoms with E-state index in [2.05, 4.69) is 5.32 Å². The van der Waals surface area contributed by atoms with Crippen LogP contribution in [-0.4, -0.2) is 23.2 Å². The van der Waals surface area contributed by atoms with E-state index >= 15 is 0 Å². The van der Waals surface area contributed by atoms with E-state index in [1.165, 1.54) is 12.1 Å². The molecule has 1 rings (SSSR count). The third kappa shape index (κ3) is 6.07. The van der Waals surface area contributed by atoms with Gasteiger partial charge in [0.1, 0.15) is 5.60 Å². The van der Waals surface area contributed by atoms with Gasteiger partial charge in [0.25, 0.3) is 5.69 Å². The zero-order chi connectivity index (χ0) is 16.0. The number of nitro benzene ring substituents is 1. The SMILES string of the molecule is Cc1ccc([N+](=O)[O-])cc1C=CCNC(=O)OC(C)(C)C. The fraction of sp³-hybridized carbons (Fsp3) is 0.400. The fourth-order valence-electron chi connectivity index (χ4n) is 1.56. The normalized spacial score (nSPS) is 11.4. The molecule has 0 aliphatic heterocycles. The lowest BCUT2D eigenvalue weighted by molar-refractivity contribution is -0.384. The summed E-state index contributed by atoms with van der Waals surface area (Å²) in [6.45, 7) is 7.51. The van der Waals surface area contributed by atoms with Gasteiger partial charge >= 0.3 is 6.09 Å². The highest BCUT2D eigenvalue weighted by Gasteiger charge is 2.15. The highest BCUT2D eigenvalue weighted by atomic mass is 16.6. The molecule has 0 radical (unpaired) electrons. The van der Waals surface area contributed by atoms with E-state index in [0.29, 0.717) is 0 Å². The van der Waals surface area contributed by atoms with E-state index in [-0.39, 0.29) is 12.2 Å². The first-order chi connectivity index (χ1) is 9.69. The van der Waals surface area contributed by atoms with Crippen LogP contribution >= 0.6 is 0 Å². The number of ether oxygens (including phenoxy) is 1. The Morgan fingerprint density at radius 3 is 2.67 bits per heavy atom. The van der Waals surface area contributed by atoms with Crippen molar-refractivity contribution in [2.24, 2.45) is 0 Å². The van der Waals surface area contributed by atoms with Gasteiger partial charge in [0, 0.05) is 18.7 Å². The topological polar surface area (TPSA) is 81.5 Å². The molecule has 0 spiro atoms. The molecule has 0 aromatic heterocycles. The second-order valence-corrected chi connectivity index (χ2v) is 5.58. The van der Waals surface area contributed by atoms with E-state index in [0.717, 1.165) is 11.1 Å². The molecule has 6 nitrogen and oxygen atoms in total. The van der Waals surface area contributed by atoms with Crippen LogP contribution in [0.3, 0.4) is 0 Å². The second kappa shape index (κ2) is 6.88. The van der Waals surface area contributed by atoms with E-state index in [4.69, 9.17) is 4.74 Å². The van der Waals surface area contributed by atoms with Crippen LogP contribution < -0.4 is 5.32 Å². The van der Waals surface area contributed by atoms with E-state index < -0.39 is 16.6 Å². The number of benzene rings is 1. The number of nitrogens with zero attached hydrogens (tertiary/aromatic N) is 1. The molecule has 1 amide bonds. The molecule has 114 valence electrons. The monoisotopic (exact) mass is 292 g/mol. The van der Waals surface area contributed by atoms with Gasteiger partial charge in [0.05, 0.1) is 4.92 Å². The number of alkyl carbamates (subject to hydrolysis) is 1.